The van der Waals surface area contributed by atoms with Crippen molar-refractivity contribution in [1.82, 2.24) is 4.98 Å². The van der Waals surface area contributed by atoms with E-state index in [9.17, 15) is 17.6 Å². The Morgan fingerprint density at radius 1 is 1.27 bits per heavy atom. The highest BCUT2D eigenvalue weighted by molar-refractivity contribution is 5.91. The molecule has 0 saturated carbocycles. The first kappa shape index (κ1) is 15.9. The Morgan fingerprint density at radius 3 is 2.55 bits per heavy atom. The molecule has 1 aromatic heterocycles. The van der Waals surface area contributed by atoms with Crippen LogP contribution in [-0.2, 0) is 6.18 Å². The molecule has 0 unspecified atom stereocenters. The quantitative estimate of drug-likeness (QED) is 0.567. The molecule has 0 aliphatic heterocycles. The average molecular weight is 308 g/mol. The van der Waals surface area contributed by atoms with Crippen LogP contribution in [0.4, 0.5) is 17.6 Å². The monoisotopic (exact) mass is 308 g/mol. The van der Waals surface area contributed by atoms with Crippen LogP contribution >= 0.6 is 0 Å². The van der Waals surface area contributed by atoms with Crippen molar-refractivity contribution < 1.29 is 17.6 Å². The summed E-state index contributed by atoms with van der Waals surface area (Å²) in [7, 11) is 0. The highest BCUT2D eigenvalue weighted by atomic mass is 19.4. The molecule has 0 saturated heterocycles. The minimum Gasteiger partial charge on any atom is -0.246 e. The smallest absolute Gasteiger partial charge is 0.246 e. The molecule has 2 rings (SSSR count). The second-order valence-electron chi connectivity index (χ2n) is 4.38. The van der Waals surface area contributed by atoms with Crippen LogP contribution < -0.4 is 0 Å². The largest absolute Gasteiger partial charge is 0.417 e. The van der Waals surface area contributed by atoms with Crippen LogP contribution in [0.1, 0.15) is 18.2 Å². The van der Waals surface area contributed by atoms with Crippen molar-refractivity contribution in [1.29, 1.82) is 0 Å². The lowest BCUT2D eigenvalue weighted by molar-refractivity contribution is -0.136. The number of aliphatic imine (C=N–C) groups is 1. The average Bonchev–Trinajstić information content (AvgIpc) is 2.50. The topological polar surface area (TPSA) is 25.2 Å². The number of allylic oxidation sites excluding steroid dienone is 2. The van der Waals surface area contributed by atoms with Gasteiger partial charge in [-0.05, 0) is 25.1 Å². The van der Waals surface area contributed by atoms with Crippen molar-refractivity contribution in [2.75, 3.05) is 0 Å². The van der Waals surface area contributed by atoms with Crippen molar-refractivity contribution in [2.24, 2.45) is 4.99 Å². The number of nitrogens with zero attached hydrogens (tertiary/aromatic N) is 2. The standard InChI is InChI=1S/C16H12F4N2/c1-3-12(22-15(17)4-2)14-9-11(16(18,19)20)10-7-5-6-8-13(10)21-14/h3-9H,2H2,1H3/b12-3-,22-15?. The zero-order valence-electron chi connectivity index (χ0n) is 11.7. The molecule has 0 aliphatic carbocycles. The summed E-state index contributed by atoms with van der Waals surface area (Å²) in [6.07, 6.45) is -2.29. The van der Waals surface area contributed by atoms with Crippen LogP contribution in [0.25, 0.3) is 16.6 Å². The Kier molecular flexibility index (Phi) is 4.40. The third-order valence-electron chi connectivity index (χ3n) is 2.95. The summed E-state index contributed by atoms with van der Waals surface area (Å²) in [6, 6.07) is 6.78. The molecular formula is C16H12F4N2. The van der Waals surface area contributed by atoms with Gasteiger partial charge in [-0.3, -0.25) is 0 Å². The predicted octanol–water partition coefficient (Wildman–Crippen LogP) is 5.17. The number of hydrogen-bond acceptors (Lipinski definition) is 2. The highest BCUT2D eigenvalue weighted by Gasteiger charge is 2.33. The van der Waals surface area contributed by atoms with Gasteiger partial charge in [0.05, 0.1) is 22.5 Å². The lowest BCUT2D eigenvalue weighted by Crippen LogP contribution is -2.08. The van der Waals surface area contributed by atoms with Gasteiger partial charge in [0.2, 0.25) is 5.97 Å². The lowest BCUT2D eigenvalue weighted by Gasteiger charge is -2.12. The predicted molar refractivity (Wildman–Crippen MR) is 79.1 cm³/mol. The molecular weight excluding hydrogens is 296 g/mol. The molecule has 114 valence electrons. The maximum Gasteiger partial charge on any atom is 0.417 e. The molecule has 2 nitrogen and oxygen atoms in total. The third-order valence-corrected chi connectivity index (χ3v) is 2.95. The van der Waals surface area contributed by atoms with Gasteiger partial charge < -0.3 is 0 Å². The Bertz CT molecular complexity index is 773. The molecule has 0 bridgehead atoms. The second-order valence-corrected chi connectivity index (χ2v) is 4.38. The van der Waals surface area contributed by atoms with Gasteiger partial charge in [0.25, 0.3) is 0 Å². The number of hydrogen-bond donors (Lipinski definition) is 0. The van der Waals surface area contributed by atoms with Gasteiger partial charge in [-0.25, -0.2) is 9.98 Å². The van der Waals surface area contributed by atoms with E-state index >= 15 is 0 Å². The Labute approximate surface area is 124 Å². The van der Waals surface area contributed by atoms with Crippen molar-refractivity contribution in [2.45, 2.75) is 13.1 Å². The van der Waals surface area contributed by atoms with E-state index in [0.717, 1.165) is 12.1 Å². The molecule has 0 N–H and O–H groups in total. The molecule has 0 atom stereocenters. The fraction of sp³-hybridized carbons (Fsp3) is 0.125. The minimum absolute atomic E-state index is 0.00801. The zero-order chi connectivity index (χ0) is 16.3. The van der Waals surface area contributed by atoms with Crippen LogP contribution in [0.3, 0.4) is 0 Å². The number of para-hydroxylation sites is 1. The lowest BCUT2D eigenvalue weighted by atomic mass is 10.1. The number of benzene rings is 1. The van der Waals surface area contributed by atoms with Crippen LogP contribution in [0.15, 0.2) is 54.1 Å². The van der Waals surface area contributed by atoms with Crippen molar-refractivity contribution >= 4 is 22.6 Å². The highest BCUT2D eigenvalue weighted by Crippen LogP contribution is 2.36. The van der Waals surface area contributed by atoms with Crippen LogP contribution in [0.5, 0.6) is 0 Å². The first-order valence-corrected chi connectivity index (χ1v) is 6.37. The molecule has 0 aliphatic rings. The minimum atomic E-state index is -4.54. The molecule has 22 heavy (non-hydrogen) atoms. The number of rotatable bonds is 3. The normalized spacial score (nSPS) is 13.5. The van der Waals surface area contributed by atoms with Crippen molar-refractivity contribution in [3.63, 3.8) is 0 Å². The molecule has 0 fully saturated rings. The summed E-state index contributed by atoms with van der Waals surface area (Å²) in [5, 5.41) is -0.0117. The van der Waals surface area contributed by atoms with Gasteiger partial charge >= 0.3 is 6.18 Å². The fourth-order valence-corrected chi connectivity index (χ4v) is 1.97. The van der Waals surface area contributed by atoms with Crippen molar-refractivity contribution in [3.8, 4) is 0 Å². The Hall–Kier alpha value is -2.50. The van der Waals surface area contributed by atoms with E-state index in [4.69, 9.17) is 0 Å². The van der Waals surface area contributed by atoms with Gasteiger partial charge in [0, 0.05) is 5.39 Å². The van der Waals surface area contributed by atoms with Gasteiger partial charge in [-0.15, -0.1) is 0 Å². The Balaban J connectivity index is 2.73. The van der Waals surface area contributed by atoms with Crippen molar-refractivity contribution in [3.05, 3.63) is 60.3 Å². The van der Waals surface area contributed by atoms with E-state index in [1.807, 2.05) is 0 Å². The molecule has 1 aromatic carbocycles. The number of pyridine rings is 1. The molecule has 0 spiro atoms. The van der Waals surface area contributed by atoms with Crippen LogP contribution in [-0.4, -0.2) is 10.9 Å². The SMILES string of the molecule is C=CC(F)=N/C(=C\C)c1cc(C(F)(F)F)c2ccccc2n1. The fourth-order valence-electron chi connectivity index (χ4n) is 1.97. The summed E-state index contributed by atoms with van der Waals surface area (Å²) in [5.74, 6) is -0.892. The van der Waals surface area contributed by atoms with E-state index in [2.05, 4.69) is 16.6 Å². The van der Waals surface area contributed by atoms with Gasteiger partial charge in [-0.1, -0.05) is 30.9 Å². The molecule has 6 heteroatoms. The number of aromatic nitrogens is 1. The Morgan fingerprint density at radius 2 is 1.95 bits per heavy atom. The van der Waals surface area contributed by atoms with E-state index in [0.29, 0.717) is 0 Å². The third kappa shape index (κ3) is 3.21. The zero-order valence-corrected chi connectivity index (χ0v) is 11.7. The summed E-state index contributed by atoms with van der Waals surface area (Å²) in [6.45, 7) is 4.76. The van der Waals surface area contributed by atoms with Gasteiger partial charge in [0.1, 0.15) is 0 Å². The summed E-state index contributed by atoms with van der Waals surface area (Å²) < 4.78 is 52.9. The van der Waals surface area contributed by atoms with Gasteiger partial charge in [-0.2, -0.15) is 17.6 Å². The summed E-state index contributed by atoms with van der Waals surface area (Å²) >= 11 is 0. The van der Waals surface area contributed by atoms with E-state index in [1.54, 1.807) is 13.0 Å². The van der Waals surface area contributed by atoms with E-state index < -0.39 is 17.7 Å². The number of halogens is 4. The first-order valence-electron chi connectivity index (χ1n) is 6.37. The number of alkyl halides is 3. The summed E-state index contributed by atoms with van der Waals surface area (Å²) in [4.78, 5) is 7.71. The first-order chi connectivity index (χ1) is 10.4. The molecule has 0 amide bonds. The molecule has 1 heterocycles. The van der Waals surface area contributed by atoms with Gasteiger partial charge in [0.15, 0.2) is 0 Å². The molecule has 0 radical (unpaired) electrons. The second kappa shape index (κ2) is 6.09. The van der Waals surface area contributed by atoms with E-state index in [-0.39, 0.29) is 22.3 Å². The number of fused-ring (bicyclic) bond motifs is 1. The van der Waals surface area contributed by atoms with E-state index in [1.165, 1.54) is 24.3 Å². The maximum absolute atomic E-state index is 13.2. The maximum atomic E-state index is 13.2. The summed E-state index contributed by atoms with van der Waals surface area (Å²) in [5.41, 5.74) is -0.707. The molecule has 2 aromatic rings. The van der Waals surface area contributed by atoms with Crippen LogP contribution in [0.2, 0.25) is 0 Å². The van der Waals surface area contributed by atoms with Crippen LogP contribution in [0, 0.1) is 0 Å².